The summed E-state index contributed by atoms with van der Waals surface area (Å²) in [6.45, 7) is 3.17. The average Bonchev–Trinajstić information content (AvgIpc) is 3.31. The maximum atomic E-state index is 13.6. The Bertz CT molecular complexity index is 1240. The first-order valence-corrected chi connectivity index (χ1v) is 13.5. The van der Waals surface area contributed by atoms with Crippen molar-refractivity contribution in [3.8, 4) is 0 Å². The number of hydrogen-bond donors (Lipinski definition) is 2. The van der Waals surface area contributed by atoms with E-state index in [1.165, 1.54) is 11.1 Å². The smallest absolute Gasteiger partial charge is 0.243 e. The second kappa shape index (κ2) is 11.3. The minimum atomic E-state index is -0.577. The van der Waals surface area contributed by atoms with Gasteiger partial charge in [-0.1, -0.05) is 67.4 Å². The van der Waals surface area contributed by atoms with Crippen LogP contribution in [0.15, 0.2) is 60.9 Å². The lowest BCUT2D eigenvalue weighted by molar-refractivity contribution is -0.142. The van der Waals surface area contributed by atoms with Crippen molar-refractivity contribution in [1.82, 2.24) is 19.8 Å². The Hall–Kier alpha value is -3.45. The van der Waals surface area contributed by atoms with Gasteiger partial charge in [0.25, 0.3) is 0 Å². The third-order valence-electron chi connectivity index (χ3n) is 7.96. The summed E-state index contributed by atoms with van der Waals surface area (Å²) in [6, 6.07) is 17.7. The highest BCUT2D eigenvalue weighted by Crippen LogP contribution is 2.26. The van der Waals surface area contributed by atoms with Crippen LogP contribution >= 0.6 is 0 Å². The second-order valence-corrected chi connectivity index (χ2v) is 10.5. The number of aromatic nitrogens is 2. The Balaban J connectivity index is 1.37. The van der Waals surface area contributed by atoms with Crippen molar-refractivity contribution in [1.29, 1.82) is 0 Å². The van der Waals surface area contributed by atoms with Crippen molar-refractivity contribution in [2.45, 2.75) is 83.1 Å². The molecule has 0 saturated heterocycles. The number of nitrogens with one attached hydrogen (secondary N) is 1. The van der Waals surface area contributed by atoms with Crippen LogP contribution in [0.4, 0.5) is 0 Å². The lowest BCUT2D eigenvalue weighted by Crippen LogP contribution is -2.57. The number of nitrogens with two attached hydrogens (primary N) is 1. The maximum absolute atomic E-state index is 13.6. The monoisotopic (exact) mass is 499 g/mol. The number of carbonyl (C=O) groups excluding carboxylic acids is 2. The zero-order chi connectivity index (χ0) is 25.8. The number of amides is 2. The number of aryl methyl sites for hydroxylation is 2. The molecule has 1 aliphatic heterocycles. The zero-order valence-electron chi connectivity index (χ0n) is 21.6. The molecule has 2 amide bonds. The van der Waals surface area contributed by atoms with E-state index in [2.05, 4.69) is 33.9 Å². The number of fused-ring (bicyclic) bond motifs is 1. The normalized spacial score (nSPS) is 21.4. The summed E-state index contributed by atoms with van der Waals surface area (Å²) >= 11 is 0. The predicted molar refractivity (Wildman–Crippen MR) is 144 cm³/mol. The number of nitrogens with zero attached hydrogens (tertiary/aromatic N) is 3. The highest BCUT2D eigenvalue weighted by atomic mass is 16.2. The predicted octanol–water partition coefficient (Wildman–Crippen LogP) is 3.51. The Morgan fingerprint density at radius 2 is 1.81 bits per heavy atom. The molecule has 1 aromatic heterocycles. The van der Waals surface area contributed by atoms with E-state index in [0.717, 1.165) is 42.6 Å². The molecule has 7 heteroatoms. The lowest BCUT2D eigenvalue weighted by atomic mass is 9.90. The quantitative estimate of drug-likeness (QED) is 0.520. The van der Waals surface area contributed by atoms with Gasteiger partial charge in [-0.3, -0.25) is 9.59 Å². The molecule has 2 aromatic carbocycles. The standard InChI is InChI=1S/C30H37N5O2/c1-21-9-5-6-12-23(21)18-34-20-32-26-17-27(30(37)33-25-14-8-7-13-24(25)31)35(19-28(26)34)29(36)16-15-22-10-3-2-4-11-22/h2-6,9-12,20,24-25,27H,7-8,13-19,31H2,1H3,(H,33,37). The van der Waals surface area contributed by atoms with Crippen LogP contribution in [0.3, 0.4) is 0 Å². The highest BCUT2D eigenvalue weighted by molar-refractivity contribution is 5.88. The van der Waals surface area contributed by atoms with Crippen molar-refractivity contribution in [3.05, 3.63) is 89.0 Å². The molecule has 3 N–H and O–H groups in total. The van der Waals surface area contributed by atoms with Crippen LogP contribution < -0.4 is 11.1 Å². The Morgan fingerprint density at radius 1 is 1.05 bits per heavy atom. The first-order chi connectivity index (χ1) is 18.0. The summed E-state index contributed by atoms with van der Waals surface area (Å²) in [6.07, 6.45) is 7.24. The molecule has 2 aliphatic rings. The van der Waals surface area contributed by atoms with E-state index >= 15 is 0 Å². The minimum absolute atomic E-state index is 0.00811. The molecular weight excluding hydrogens is 462 g/mol. The van der Waals surface area contributed by atoms with Gasteiger partial charge in [-0.15, -0.1) is 0 Å². The molecule has 0 bridgehead atoms. The molecule has 2 heterocycles. The molecule has 7 nitrogen and oxygen atoms in total. The van der Waals surface area contributed by atoms with E-state index in [9.17, 15) is 9.59 Å². The SMILES string of the molecule is Cc1ccccc1Cn1cnc2c1CN(C(=O)CCc1ccccc1)C(C(=O)NC1CCCCC1N)C2. The summed E-state index contributed by atoms with van der Waals surface area (Å²) in [5.74, 6) is -0.124. The largest absolute Gasteiger partial charge is 0.350 e. The van der Waals surface area contributed by atoms with E-state index in [0.29, 0.717) is 32.4 Å². The van der Waals surface area contributed by atoms with E-state index in [-0.39, 0.29) is 23.9 Å². The van der Waals surface area contributed by atoms with Gasteiger partial charge in [-0.25, -0.2) is 4.98 Å². The Kier molecular flexibility index (Phi) is 7.70. The molecule has 1 aliphatic carbocycles. The van der Waals surface area contributed by atoms with Gasteiger partial charge in [0.1, 0.15) is 6.04 Å². The first-order valence-electron chi connectivity index (χ1n) is 13.5. The molecule has 1 saturated carbocycles. The van der Waals surface area contributed by atoms with E-state index in [4.69, 9.17) is 5.73 Å². The van der Waals surface area contributed by atoms with Crippen molar-refractivity contribution in [2.24, 2.45) is 5.73 Å². The van der Waals surface area contributed by atoms with E-state index in [1.807, 2.05) is 48.8 Å². The fourth-order valence-electron chi connectivity index (χ4n) is 5.63. The van der Waals surface area contributed by atoms with Crippen molar-refractivity contribution < 1.29 is 9.59 Å². The summed E-state index contributed by atoms with van der Waals surface area (Å²) in [5, 5.41) is 3.19. The minimum Gasteiger partial charge on any atom is -0.350 e. The van der Waals surface area contributed by atoms with Gasteiger partial charge in [0.05, 0.1) is 24.3 Å². The Labute approximate surface area is 219 Å². The van der Waals surface area contributed by atoms with E-state index in [1.54, 1.807) is 4.90 Å². The summed E-state index contributed by atoms with van der Waals surface area (Å²) < 4.78 is 2.13. The van der Waals surface area contributed by atoms with Gasteiger partial charge >= 0.3 is 0 Å². The topological polar surface area (TPSA) is 93.2 Å². The van der Waals surface area contributed by atoms with Gasteiger partial charge in [-0.05, 0) is 42.9 Å². The van der Waals surface area contributed by atoms with Gasteiger partial charge in [-0.2, -0.15) is 0 Å². The highest BCUT2D eigenvalue weighted by Gasteiger charge is 2.38. The van der Waals surface area contributed by atoms with Crippen LogP contribution in [0.2, 0.25) is 0 Å². The van der Waals surface area contributed by atoms with Crippen LogP contribution in [-0.4, -0.2) is 44.4 Å². The van der Waals surface area contributed by atoms with Gasteiger partial charge in [0.15, 0.2) is 0 Å². The first kappa shape index (κ1) is 25.2. The van der Waals surface area contributed by atoms with Crippen molar-refractivity contribution in [3.63, 3.8) is 0 Å². The maximum Gasteiger partial charge on any atom is 0.243 e. The number of rotatable bonds is 7. The fourth-order valence-corrected chi connectivity index (χ4v) is 5.63. The number of imidazole rings is 1. The number of carbonyl (C=O) groups is 2. The van der Waals surface area contributed by atoms with Crippen molar-refractivity contribution >= 4 is 11.8 Å². The molecule has 3 atom stereocenters. The molecule has 3 unspecified atom stereocenters. The lowest BCUT2D eigenvalue weighted by Gasteiger charge is -2.37. The molecule has 194 valence electrons. The van der Waals surface area contributed by atoms with Crippen LogP contribution in [0.1, 0.15) is 60.2 Å². The van der Waals surface area contributed by atoms with Crippen LogP contribution in [-0.2, 0) is 35.5 Å². The molecule has 0 spiro atoms. The molecule has 0 radical (unpaired) electrons. The molecule has 3 aromatic rings. The number of hydrogen-bond acceptors (Lipinski definition) is 4. The zero-order valence-corrected chi connectivity index (χ0v) is 21.6. The Morgan fingerprint density at radius 3 is 2.59 bits per heavy atom. The third-order valence-corrected chi connectivity index (χ3v) is 7.96. The fraction of sp³-hybridized carbons (Fsp3) is 0.433. The van der Waals surface area contributed by atoms with Crippen LogP contribution in [0, 0.1) is 6.92 Å². The van der Waals surface area contributed by atoms with Gasteiger partial charge in [0.2, 0.25) is 11.8 Å². The molecule has 1 fully saturated rings. The second-order valence-electron chi connectivity index (χ2n) is 10.5. The summed E-state index contributed by atoms with van der Waals surface area (Å²) in [4.78, 5) is 33.6. The van der Waals surface area contributed by atoms with Crippen LogP contribution in [0.25, 0.3) is 0 Å². The number of benzene rings is 2. The van der Waals surface area contributed by atoms with Gasteiger partial charge in [0, 0.05) is 31.5 Å². The average molecular weight is 500 g/mol. The molecule has 37 heavy (non-hydrogen) atoms. The van der Waals surface area contributed by atoms with Crippen LogP contribution in [0.5, 0.6) is 0 Å². The third kappa shape index (κ3) is 5.77. The molecular formula is C30H37N5O2. The summed E-state index contributed by atoms with van der Waals surface area (Å²) in [7, 11) is 0. The summed E-state index contributed by atoms with van der Waals surface area (Å²) in [5.41, 5.74) is 11.8. The van der Waals surface area contributed by atoms with Gasteiger partial charge < -0.3 is 20.5 Å². The van der Waals surface area contributed by atoms with Crippen molar-refractivity contribution in [2.75, 3.05) is 0 Å². The van der Waals surface area contributed by atoms with E-state index < -0.39 is 6.04 Å². The molecule has 5 rings (SSSR count).